The Morgan fingerprint density at radius 1 is 0.480 bits per heavy atom. The van der Waals surface area contributed by atoms with Crippen molar-refractivity contribution in [3.8, 4) is 0 Å². The average Bonchev–Trinajstić information content (AvgIpc) is 3.10. The van der Waals surface area contributed by atoms with Gasteiger partial charge in [-0.15, -0.1) is 0 Å². The standard InChI is InChI=1S/C42H74O8/c1-3-5-7-8-9-10-11-12-13-14-15-16-17-18-23-27-33-41(47)49-35-38(44)36-50-42(48)34-28-32-40(46)39(45)31-26-22-20-19-21-25-30-37(43)29-24-6-4-2/h19-22,25-26,30-31,37-40,43-46H,3-18,23-24,27-29,32-36H2,1-2H3/b21-19-,22-20+,30-25+,31-26+/t37-,38-,39-,40-/m1/s1. The molecule has 0 aliphatic heterocycles. The first-order chi connectivity index (χ1) is 24.3. The van der Waals surface area contributed by atoms with E-state index in [2.05, 4.69) is 13.8 Å². The van der Waals surface area contributed by atoms with Crippen molar-refractivity contribution in [3.05, 3.63) is 48.6 Å². The Labute approximate surface area is 305 Å². The van der Waals surface area contributed by atoms with Crippen LogP contribution in [0.25, 0.3) is 0 Å². The van der Waals surface area contributed by atoms with Crippen LogP contribution < -0.4 is 0 Å². The van der Waals surface area contributed by atoms with Crippen LogP contribution in [-0.2, 0) is 19.1 Å². The van der Waals surface area contributed by atoms with E-state index in [-0.39, 0.29) is 32.0 Å². The summed E-state index contributed by atoms with van der Waals surface area (Å²) in [4.78, 5) is 24.0. The fourth-order valence-corrected chi connectivity index (χ4v) is 5.47. The van der Waals surface area contributed by atoms with Gasteiger partial charge >= 0.3 is 11.9 Å². The highest BCUT2D eigenvalue weighted by molar-refractivity contribution is 5.69. The minimum absolute atomic E-state index is 0.0325. The molecular formula is C42H74O8. The molecule has 0 aromatic carbocycles. The lowest BCUT2D eigenvalue weighted by atomic mass is 10.0. The molecule has 0 rings (SSSR count). The van der Waals surface area contributed by atoms with E-state index in [0.717, 1.165) is 44.9 Å². The molecule has 50 heavy (non-hydrogen) atoms. The summed E-state index contributed by atoms with van der Waals surface area (Å²) in [7, 11) is 0. The molecule has 8 heteroatoms. The quantitative estimate of drug-likeness (QED) is 0.0291. The summed E-state index contributed by atoms with van der Waals surface area (Å²) in [6.07, 6.45) is 35.4. The van der Waals surface area contributed by atoms with Gasteiger partial charge in [0, 0.05) is 12.8 Å². The maximum absolute atomic E-state index is 12.0. The third kappa shape index (κ3) is 34.2. The molecule has 4 N–H and O–H groups in total. The largest absolute Gasteiger partial charge is 0.463 e. The Balaban J connectivity index is 3.76. The first-order valence-corrected chi connectivity index (χ1v) is 20.0. The number of ether oxygens (including phenoxy) is 2. The predicted molar refractivity (Wildman–Crippen MR) is 205 cm³/mol. The summed E-state index contributed by atoms with van der Waals surface area (Å²) in [5.74, 6) is -0.881. The number of rotatable bonds is 35. The second-order valence-corrected chi connectivity index (χ2v) is 13.6. The molecule has 0 heterocycles. The number of esters is 2. The van der Waals surface area contributed by atoms with Crippen molar-refractivity contribution >= 4 is 11.9 Å². The second kappa shape index (κ2) is 36.5. The third-order valence-electron chi connectivity index (χ3n) is 8.68. The molecule has 4 atom stereocenters. The molecule has 0 bridgehead atoms. The van der Waals surface area contributed by atoms with Gasteiger partial charge in [-0.25, -0.2) is 0 Å². The number of unbranched alkanes of at least 4 members (excludes halogenated alkanes) is 17. The Morgan fingerprint density at radius 2 is 0.880 bits per heavy atom. The van der Waals surface area contributed by atoms with Crippen molar-refractivity contribution in [2.45, 2.75) is 192 Å². The van der Waals surface area contributed by atoms with E-state index in [4.69, 9.17) is 9.47 Å². The zero-order valence-corrected chi connectivity index (χ0v) is 31.7. The maximum Gasteiger partial charge on any atom is 0.305 e. The topological polar surface area (TPSA) is 134 Å². The number of carbonyl (C=O) groups excluding carboxylic acids is 2. The van der Waals surface area contributed by atoms with Gasteiger partial charge in [0.15, 0.2) is 0 Å². The van der Waals surface area contributed by atoms with E-state index < -0.39 is 30.4 Å². The predicted octanol–water partition coefficient (Wildman–Crippen LogP) is 9.14. The van der Waals surface area contributed by atoms with Crippen LogP contribution in [0, 0.1) is 0 Å². The van der Waals surface area contributed by atoms with Gasteiger partial charge in [-0.05, 0) is 25.7 Å². The molecule has 0 saturated heterocycles. The van der Waals surface area contributed by atoms with E-state index in [9.17, 15) is 30.0 Å². The smallest absolute Gasteiger partial charge is 0.305 e. The summed E-state index contributed by atoms with van der Waals surface area (Å²) in [6.45, 7) is 3.91. The van der Waals surface area contributed by atoms with Crippen LogP contribution in [0.1, 0.15) is 168 Å². The minimum atomic E-state index is -1.09. The van der Waals surface area contributed by atoms with Crippen molar-refractivity contribution in [2.24, 2.45) is 0 Å². The normalized spacial score (nSPS) is 14.6. The first kappa shape index (κ1) is 47.7. The molecule has 290 valence electrons. The first-order valence-electron chi connectivity index (χ1n) is 20.0. The fourth-order valence-electron chi connectivity index (χ4n) is 5.47. The molecule has 0 fully saturated rings. The third-order valence-corrected chi connectivity index (χ3v) is 8.68. The van der Waals surface area contributed by atoms with Crippen molar-refractivity contribution in [2.75, 3.05) is 13.2 Å². The van der Waals surface area contributed by atoms with E-state index in [1.165, 1.54) is 89.5 Å². The molecule has 0 amide bonds. The van der Waals surface area contributed by atoms with Crippen molar-refractivity contribution in [3.63, 3.8) is 0 Å². The second-order valence-electron chi connectivity index (χ2n) is 13.6. The zero-order valence-electron chi connectivity index (χ0n) is 31.7. The highest BCUT2D eigenvalue weighted by atomic mass is 16.6. The van der Waals surface area contributed by atoms with Gasteiger partial charge in [-0.2, -0.15) is 0 Å². The number of aliphatic hydroxyl groups excluding tert-OH is 4. The minimum Gasteiger partial charge on any atom is -0.463 e. The van der Waals surface area contributed by atoms with Gasteiger partial charge in [-0.1, -0.05) is 178 Å². The Kier molecular flexibility index (Phi) is 34.9. The summed E-state index contributed by atoms with van der Waals surface area (Å²) < 4.78 is 10.2. The average molecular weight is 707 g/mol. The lowest BCUT2D eigenvalue weighted by Gasteiger charge is -2.14. The summed E-state index contributed by atoms with van der Waals surface area (Å²) >= 11 is 0. The molecule has 0 spiro atoms. The Hall–Kier alpha value is -2.26. The van der Waals surface area contributed by atoms with Crippen molar-refractivity contribution < 1.29 is 39.5 Å². The van der Waals surface area contributed by atoms with Gasteiger partial charge in [0.25, 0.3) is 0 Å². The molecular weight excluding hydrogens is 632 g/mol. The number of aliphatic hydroxyl groups is 4. The Bertz CT molecular complexity index is 896. The van der Waals surface area contributed by atoms with Gasteiger partial charge in [0.1, 0.15) is 19.3 Å². The fraction of sp³-hybridized carbons (Fsp3) is 0.762. The van der Waals surface area contributed by atoms with Crippen LogP contribution in [0.5, 0.6) is 0 Å². The molecule has 0 aliphatic rings. The number of hydrogen-bond acceptors (Lipinski definition) is 8. The van der Waals surface area contributed by atoms with Crippen molar-refractivity contribution in [1.82, 2.24) is 0 Å². The molecule has 0 unspecified atom stereocenters. The van der Waals surface area contributed by atoms with Crippen LogP contribution in [0.2, 0.25) is 0 Å². The van der Waals surface area contributed by atoms with Gasteiger partial charge in [0.05, 0.1) is 18.3 Å². The lowest BCUT2D eigenvalue weighted by molar-refractivity contribution is -0.152. The maximum atomic E-state index is 12.0. The Morgan fingerprint density at radius 3 is 1.38 bits per heavy atom. The summed E-state index contributed by atoms with van der Waals surface area (Å²) in [5, 5.41) is 40.1. The number of allylic oxidation sites excluding steroid dienone is 6. The number of hydrogen-bond donors (Lipinski definition) is 4. The van der Waals surface area contributed by atoms with Crippen LogP contribution in [-0.4, -0.2) is 70.0 Å². The van der Waals surface area contributed by atoms with Crippen molar-refractivity contribution in [1.29, 1.82) is 0 Å². The molecule has 0 saturated carbocycles. The van der Waals surface area contributed by atoms with Gasteiger partial charge < -0.3 is 29.9 Å². The molecule has 0 aromatic rings. The van der Waals surface area contributed by atoms with E-state index >= 15 is 0 Å². The van der Waals surface area contributed by atoms with E-state index in [1.807, 2.05) is 6.08 Å². The zero-order chi connectivity index (χ0) is 36.9. The van der Waals surface area contributed by atoms with Crippen LogP contribution in [0.4, 0.5) is 0 Å². The lowest BCUT2D eigenvalue weighted by Crippen LogP contribution is -2.26. The van der Waals surface area contributed by atoms with E-state index in [0.29, 0.717) is 12.8 Å². The molecule has 0 aliphatic carbocycles. The number of carbonyl (C=O) groups is 2. The highest BCUT2D eigenvalue weighted by Crippen LogP contribution is 2.14. The monoisotopic (exact) mass is 707 g/mol. The van der Waals surface area contributed by atoms with Crippen LogP contribution in [0.3, 0.4) is 0 Å². The molecule has 0 radical (unpaired) electrons. The molecule has 0 aromatic heterocycles. The highest BCUT2D eigenvalue weighted by Gasteiger charge is 2.15. The van der Waals surface area contributed by atoms with Crippen LogP contribution >= 0.6 is 0 Å². The molecule has 8 nitrogen and oxygen atoms in total. The van der Waals surface area contributed by atoms with Gasteiger partial charge in [-0.3, -0.25) is 9.59 Å². The van der Waals surface area contributed by atoms with Crippen LogP contribution in [0.15, 0.2) is 48.6 Å². The summed E-state index contributed by atoms with van der Waals surface area (Å²) in [6, 6.07) is 0. The van der Waals surface area contributed by atoms with Gasteiger partial charge in [0.2, 0.25) is 0 Å². The summed E-state index contributed by atoms with van der Waals surface area (Å²) in [5.41, 5.74) is 0. The SMILES string of the molecule is CCCCCCCCCCCCCCCCCCC(=O)OC[C@@H](O)COC(=O)CCC[C@@H](O)[C@H](O)/C=C/C=C/C=C\C=C\[C@H](O)CCCCC. The van der Waals surface area contributed by atoms with E-state index in [1.54, 1.807) is 36.5 Å².